The van der Waals surface area contributed by atoms with Crippen LogP contribution in [0.5, 0.6) is 0 Å². The number of rotatable bonds is 3. The van der Waals surface area contributed by atoms with Gasteiger partial charge in [-0.15, -0.1) is 11.3 Å². The lowest BCUT2D eigenvalue weighted by Crippen LogP contribution is -2.03. The molecule has 0 saturated heterocycles. The minimum Gasteiger partial charge on any atom is -0.312 e. The fraction of sp³-hybridized carbons (Fsp3) is 0.0909. The Hall–Kier alpha value is -2.08. The van der Waals surface area contributed by atoms with Crippen LogP contribution in [0.15, 0.2) is 41.3 Å². The Morgan fingerprint density at radius 3 is 3.00 bits per heavy atom. The molecule has 0 aliphatic rings. The first-order valence-electron chi connectivity index (χ1n) is 4.83. The van der Waals surface area contributed by atoms with E-state index in [1.54, 1.807) is 43.0 Å². The Morgan fingerprint density at radius 1 is 1.47 bits per heavy atom. The van der Waals surface area contributed by atoms with Gasteiger partial charge < -0.3 is 4.84 Å². The molecule has 17 heavy (non-hydrogen) atoms. The summed E-state index contributed by atoms with van der Waals surface area (Å²) in [7, 11) is 0. The fourth-order valence-corrected chi connectivity index (χ4v) is 1.68. The van der Waals surface area contributed by atoms with Crippen LogP contribution < -0.4 is 0 Å². The van der Waals surface area contributed by atoms with E-state index in [0.717, 1.165) is 0 Å². The third-order valence-corrected chi connectivity index (χ3v) is 2.77. The average Bonchev–Trinajstić information content (AvgIpc) is 2.90. The smallest absolute Gasteiger partial charge is 0.312 e. The quantitative estimate of drug-likeness (QED) is 0.473. The van der Waals surface area contributed by atoms with E-state index < -0.39 is 5.97 Å². The van der Waals surface area contributed by atoms with Gasteiger partial charge in [-0.3, -0.25) is 9.97 Å². The molecule has 0 amide bonds. The van der Waals surface area contributed by atoms with Crippen LogP contribution in [-0.4, -0.2) is 21.6 Å². The number of carbonyl (C=O) groups is 1. The van der Waals surface area contributed by atoms with Crippen molar-refractivity contribution in [1.82, 2.24) is 9.97 Å². The summed E-state index contributed by atoms with van der Waals surface area (Å²) in [6.07, 6.45) is 4.67. The number of carbonyl (C=O) groups excluding carboxylic acids is 1. The van der Waals surface area contributed by atoms with Crippen LogP contribution in [0, 0.1) is 0 Å². The molecule has 0 fully saturated rings. The van der Waals surface area contributed by atoms with Crippen molar-refractivity contribution >= 4 is 23.0 Å². The lowest BCUT2D eigenvalue weighted by atomic mass is 10.3. The summed E-state index contributed by atoms with van der Waals surface area (Å²) >= 11 is 1.31. The number of thiophene rings is 1. The Morgan fingerprint density at radius 2 is 2.35 bits per heavy atom. The van der Waals surface area contributed by atoms with Crippen LogP contribution in [0.25, 0.3) is 0 Å². The zero-order chi connectivity index (χ0) is 12.1. The van der Waals surface area contributed by atoms with E-state index in [1.165, 1.54) is 11.3 Å². The zero-order valence-corrected chi connectivity index (χ0v) is 9.85. The van der Waals surface area contributed by atoms with Crippen LogP contribution in [0.1, 0.15) is 22.3 Å². The van der Waals surface area contributed by atoms with Gasteiger partial charge in [-0.05, 0) is 18.4 Å². The molecule has 0 aromatic carbocycles. The first-order valence-corrected chi connectivity index (χ1v) is 5.71. The maximum absolute atomic E-state index is 11.5. The topological polar surface area (TPSA) is 64.4 Å². The maximum Gasteiger partial charge on any atom is 0.375 e. The predicted octanol–water partition coefficient (Wildman–Crippen LogP) is 2.12. The molecule has 0 aliphatic heterocycles. The number of aromatic nitrogens is 2. The van der Waals surface area contributed by atoms with Crippen molar-refractivity contribution in [1.29, 1.82) is 0 Å². The molecular weight excluding hydrogens is 238 g/mol. The van der Waals surface area contributed by atoms with Gasteiger partial charge >= 0.3 is 5.97 Å². The standard InChI is InChI=1S/C11H9N3O2S/c1-8(9-7-12-4-5-13-9)14-16-11(15)10-3-2-6-17-10/h2-7H,1H3. The zero-order valence-electron chi connectivity index (χ0n) is 9.03. The van der Waals surface area contributed by atoms with E-state index in [4.69, 9.17) is 4.84 Å². The summed E-state index contributed by atoms with van der Waals surface area (Å²) in [5.74, 6) is -0.469. The summed E-state index contributed by atoms with van der Waals surface area (Å²) in [4.78, 5) is 24.7. The molecule has 2 aromatic heterocycles. The lowest BCUT2D eigenvalue weighted by molar-refractivity contribution is 0.0522. The summed E-state index contributed by atoms with van der Waals surface area (Å²) in [5.41, 5.74) is 1.08. The summed E-state index contributed by atoms with van der Waals surface area (Å²) in [6, 6.07) is 3.46. The van der Waals surface area contributed by atoms with E-state index in [2.05, 4.69) is 15.1 Å². The molecule has 2 heterocycles. The van der Waals surface area contributed by atoms with Gasteiger partial charge in [0, 0.05) is 12.4 Å². The van der Waals surface area contributed by atoms with E-state index >= 15 is 0 Å². The van der Waals surface area contributed by atoms with Crippen LogP contribution in [0.4, 0.5) is 0 Å². The molecule has 6 heteroatoms. The Labute approximate surface area is 102 Å². The third kappa shape index (κ3) is 2.94. The molecule has 0 bridgehead atoms. The van der Waals surface area contributed by atoms with Crippen LogP contribution in [-0.2, 0) is 4.84 Å². The summed E-state index contributed by atoms with van der Waals surface area (Å²) in [5, 5.41) is 5.52. The molecular formula is C11H9N3O2S. The van der Waals surface area contributed by atoms with Crippen LogP contribution in [0.3, 0.4) is 0 Å². The minimum absolute atomic E-state index is 0.469. The second-order valence-corrected chi connectivity index (χ2v) is 4.07. The highest BCUT2D eigenvalue weighted by Crippen LogP contribution is 2.10. The van der Waals surface area contributed by atoms with Crippen LogP contribution in [0.2, 0.25) is 0 Å². The van der Waals surface area contributed by atoms with Crippen molar-refractivity contribution in [2.45, 2.75) is 6.92 Å². The Balaban J connectivity index is 2.04. The van der Waals surface area contributed by atoms with Gasteiger partial charge in [0.15, 0.2) is 0 Å². The predicted molar refractivity (Wildman–Crippen MR) is 64.0 cm³/mol. The lowest BCUT2D eigenvalue weighted by Gasteiger charge is -1.98. The highest BCUT2D eigenvalue weighted by Gasteiger charge is 2.08. The normalized spacial score (nSPS) is 11.2. The van der Waals surface area contributed by atoms with E-state index in [1.807, 2.05) is 0 Å². The minimum atomic E-state index is -0.469. The van der Waals surface area contributed by atoms with Crippen molar-refractivity contribution < 1.29 is 9.63 Å². The van der Waals surface area contributed by atoms with Crippen molar-refractivity contribution in [3.8, 4) is 0 Å². The molecule has 0 aliphatic carbocycles. The third-order valence-electron chi connectivity index (χ3n) is 1.92. The molecule has 0 N–H and O–H groups in total. The van der Waals surface area contributed by atoms with Gasteiger partial charge in [-0.2, -0.15) is 0 Å². The van der Waals surface area contributed by atoms with Gasteiger partial charge in [-0.25, -0.2) is 4.79 Å². The van der Waals surface area contributed by atoms with Gasteiger partial charge in [0.1, 0.15) is 16.3 Å². The maximum atomic E-state index is 11.5. The van der Waals surface area contributed by atoms with Gasteiger partial charge in [0.05, 0.1) is 6.20 Å². The molecule has 86 valence electrons. The van der Waals surface area contributed by atoms with Gasteiger partial charge in [0.2, 0.25) is 0 Å². The van der Waals surface area contributed by atoms with Gasteiger partial charge in [-0.1, -0.05) is 11.2 Å². The Kier molecular flexibility index (Phi) is 3.56. The van der Waals surface area contributed by atoms with E-state index in [9.17, 15) is 4.79 Å². The SMILES string of the molecule is CC(=NOC(=O)c1cccs1)c1cnccn1. The van der Waals surface area contributed by atoms with E-state index in [0.29, 0.717) is 16.3 Å². The number of oxime groups is 1. The van der Waals surface area contributed by atoms with Crippen molar-refractivity contribution in [3.05, 3.63) is 46.7 Å². The molecule has 2 rings (SSSR count). The Bertz CT molecular complexity index is 523. The molecule has 0 saturated carbocycles. The molecule has 0 radical (unpaired) electrons. The number of hydrogen-bond acceptors (Lipinski definition) is 6. The number of nitrogens with zero attached hydrogens (tertiary/aromatic N) is 3. The summed E-state index contributed by atoms with van der Waals surface area (Å²) in [6.45, 7) is 1.70. The molecule has 2 aromatic rings. The molecule has 0 spiro atoms. The molecule has 0 atom stereocenters. The van der Waals surface area contributed by atoms with Gasteiger partial charge in [0.25, 0.3) is 0 Å². The first kappa shape index (κ1) is 11.4. The van der Waals surface area contributed by atoms with Crippen molar-refractivity contribution in [2.24, 2.45) is 5.16 Å². The molecule has 5 nitrogen and oxygen atoms in total. The average molecular weight is 247 g/mol. The first-order chi connectivity index (χ1) is 8.27. The van der Waals surface area contributed by atoms with Crippen molar-refractivity contribution in [3.63, 3.8) is 0 Å². The summed E-state index contributed by atoms with van der Waals surface area (Å²) < 4.78 is 0. The fourth-order valence-electron chi connectivity index (χ4n) is 1.08. The monoisotopic (exact) mass is 247 g/mol. The van der Waals surface area contributed by atoms with Crippen molar-refractivity contribution in [2.75, 3.05) is 0 Å². The van der Waals surface area contributed by atoms with Crippen LogP contribution >= 0.6 is 11.3 Å². The highest BCUT2D eigenvalue weighted by atomic mass is 32.1. The highest BCUT2D eigenvalue weighted by molar-refractivity contribution is 7.11. The largest absolute Gasteiger partial charge is 0.375 e. The molecule has 0 unspecified atom stereocenters. The van der Waals surface area contributed by atoms with E-state index in [-0.39, 0.29) is 0 Å². The second-order valence-electron chi connectivity index (χ2n) is 3.12. The second kappa shape index (κ2) is 5.31. The number of hydrogen-bond donors (Lipinski definition) is 0.